The molecule has 1 aliphatic heterocycles. The van der Waals surface area contributed by atoms with Crippen molar-refractivity contribution < 1.29 is 0 Å². The summed E-state index contributed by atoms with van der Waals surface area (Å²) in [6, 6.07) is 6.07. The monoisotopic (exact) mass is 258 g/mol. The van der Waals surface area contributed by atoms with Crippen LogP contribution < -0.4 is 0 Å². The Morgan fingerprint density at radius 2 is 2.21 bits per heavy atom. The number of hydrogen-bond acceptors (Lipinski definition) is 4. The van der Waals surface area contributed by atoms with Gasteiger partial charge in [-0.15, -0.1) is 0 Å². The second-order valence-electron chi connectivity index (χ2n) is 5.57. The fraction of sp³-hybridized carbons (Fsp3) is 0.600. The van der Waals surface area contributed by atoms with E-state index in [1.165, 1.54) is 25.9 Å². The zero-order valence-electron chi connectivity index (χ0n) is 11.8. The lowest BCUT2D eigenvalue weighted by molar-refractivity contribution is 0.173. The lowest BCUT2D eigenvalue weighted by atomic mass is 9.96. The van der Waals surface area contributed by atoms with E-state index in [2.05, 4.69) is 34.9 Å². The molecule has 0 bridgehead atoms. The molecule has 19 heavy (non-hydrogen) atoms. The van der Waals surface area contributed by atoms with Crippen LogP contribution in [0.4, 0.5) is 0 Å². The Kier molecular flexibility index (Phi) is 4.89. The first-order valence-corrected chi connectivity index (χ1v) is 6.90. The number of likely N-dealkylation sites (tertiary alicyclic amines) is 1. The summed E-state index contributed by atoms with van der Waals surface area (Å²) in [5.41, 5.74) is 1.58. The first kappa shape index (κ1) is 14.0. The molecule has 2 heterocycles. The van der Waals surface area contributed by atoms with Crippen LogP contribution in [0.1, 0.15) is 24.1 Å². The van der Waals surface area contributed by atoms with Gasteiger partial charge in [0.1, 0.15) is 11.8 Å². The minimum absolute atomic E-state index is 0.553. The SMILES string of the molecule is CN1CCC(CN(C)Cc2cccnc2C#N)CC1. The number of nitrogens with zero attached hydrogens (tertiary/aromatic N) is 4. The maximum Gasteiger partial charge on any atom is 0.144 e. The third-order valence-electron chi connectivity index (χ3n) is 3.85. The van der Waals surface area contributed by atoms with Crippen LogP contribution in [0.25, 0.3) is 0 Å². The average Bonchev–Trinajstić information content (AvgIpc) is 2.42. The summed E-state index contributed by atoms with van der Waals surface area (Å²) in [6.07, 6.45) is 4.23. The van der Waals surface area contributed by atoms with Gasteiger partial charge in [-0.3, -0.25) is 0 Å². The van der Waals surface area contributed by atoms with E-state index in [0.717, 1.165) is 24.6 Å². The zero-order chi connectivity index (χ0) is 13.7. The summed E-state index contributed by atoms with van der Waals surface area (Å²) in [5, 5.41) is 9.05. The van der Waals surface area contributed by atoms with E-state index in [1.54, 1.807) is 6.20 Å². The van der Waals surface area contributed by atoms with Crippen LogP contribution in [0, 0.1) is 17.2 Å². The fourth-order valence-corrected chi connectivity index (χ4v) is 2.71. The van der Waals surface area contributed by atoms with Gasteiger partial charge in [0.2, 0.25) is 0 Å². The third-order valence-corrected chi connectivity index (χ3v) is 3.85. The maximum absolute atomic E-state index is 9.05. The topological polar surface area (TPSA) is 43.2 Å². The summed E-state index contributed by atoms with van der Waals surface area (Å²) in [5.74, 6) is 0.781. The van der Waals surface area contributed by atoms with E-state index in [9.17, 15) is 0 Å². The van der Waals surface area contributed by atoms with Crippen LogP contribution in [-0.4, -0.2) is 48.5 Å². The second-order valence-corrected chi connectivity index (χ2v) is 5.57. The van der Waals surface area contributed by atoms with E-state index in [1.807, 2.05) is 12.1 Å². The van der Waals surface area contributed by atoms with Gasteiger partial charge in [-0.1, -0.05) is 6.07 Å². The molecule has 1 saturated heterocycles. The largest absolute Gasteiger partial charge is 0.306 e. The van der Waals surface area contributed by atoms with Crippen LogP contribution >= 0.6 is 0 Å². The molecular weight excluding hydrogens is 236 g/mol. The molecule has 0 atom stereocenters. The van der Waals surface area contributed by atoms with Crippen LogP contribution in [0.5, 0.6) is 0 Å². The standard InChI is InChI=1S/C15H22N4/c1-18-8-5-13(6-9-18)11-19(2)12-14-4-3-7-17-15(14)10-16/h3-4,7,13H,5-6,8-9,11-12H2,1-2H3. The van der Waals surface area contributed by atoms with Crippen molar-refractivity contribution in [2.75, 3.05) is 33.7 Å². The Hall–Kier alpha value is -1.44. The van der Waals surface area contributed by atoms with Gasteiger partial charge in [0.15, 0.2) is 0 Å². The number of pyridine rings is 1. The van der Waals surface area contributed by atoms with Crippen molar-refractivity contribution in [1.82, 2.24) is 14.8 Å². The van der Waals surface area contributed by atoms with Crippen molar-refractivity contribution in [3.63, 3.8) is 0 Å². The molecule has 0 saturated carbocycles. The highest BCUT2D eigenvalue weighted by Gasteiger charge is 2.18. The van der Waals surface area contributed by atoms with Gasteiger partial charge in [-0.2, -0.15) is 5.26 Å². The van der Waals surface area contributed by atoms with Gasteiger partial charge < -0.3 is 9.80 Å². The lowest BCUT2D eigenvalue weighted by Gasteiger charge is -2.31. The molecule has 2 rings (SSSR count). The van der Waals surface area contributed by atoms with E-state index in [0.29, 0.717) is 5.69 Å². The normalized spacial score (nSPS) is 17.6. The molecule has 0 spiro atoms. The molecule has 4 nitrogen and oxygen atoms in total. The Morgan fingerprint density at radius 1 is 1.47 bits per heavy atom. The molecule has 0 unspecified atom stereocenters. The summed E-state index contributed by atoms with van der Waals surface area (Å²) in [4.78, 5) is 8.82. The lowest BCUT2D eigenvalue weighted by Crippen LogP contribution is -2.35. The minimum Gasteiger partial charge on any atom is -0.306 e. The maximum atomic E-state index is 9.05. The Labute approximate surface area is 115 Å². The van der Waals surface area contributed by atoms with E-state index < -0.39 is 0 Å². The van der Waals surface area contributed by atoms with Gasteiger partial charge in [0.05, 0.1) is 0 Å². The van der Waals surface area contributed by atoms with Gasteiger partial charge in [0.25, 0.3) is 0 Å². The average molecular weight is 258 g/mol. The van der Waals surface area contributed by atoms with Crippen LogP contribution in [-0.2, 0) is 6.54 Å². The predicted molar refractivity (Wildman–Crippen MR) is 75.5 cm³/mol. The fourth-order valence-electron chi connectivity index (χ4n) is 2.71. The highest BCUT2D eigenvalue weighted by Crippen LogP contribution is 2.18. The summed E-state index contributed by atoms with van der Waals surface area (Å²) < 4.78 is 0. The molecule has 4 heteroatoms. The highest BCUT2D eigenvalue weighted by molar-refractivity contribution is 5.30. The predicted octanol–water partition coefficient (Wildman–Crippen LogP) is 1.73. The van der Waals surface area contributed by atoms with Gasteiger partial charge in [-0.05, 0) is 52.0 Å². The molecule has 102 valence electrons. The molecule has 0 radical (unpaired) electrons. The number of piperidine rings is 1. The van der Waals surface area contributed by atoms with E-state index in [4.69, 9.17) is 5.26 Å². The first-order chi connectivity index (χ1) is 9.19. The van der Waals surface area contributed by atoms with Crippen molar-refractivity contribution in [1.29, 1.82) is 5.26 Å². The third kappa shape index (κ3) is 4.02. The quantitative estimate of drug-likeness (QED) is 0.825. The van der Waals surface area contributed by atoms with Crippen molar-refractivity contribution in [3.05, 3.63) is 29.6 Å². The number of rotatable bonds is 4. The van der Waals surface area contributed by atoms with E-state index in [-0.39, 0.29) is 0 Å². The van der Waals surface area contributed by atoms with Crippen molar-refractivity contribution in [2.24, 2.45) is 5.92 Å². The molecule has 1 aromatic rings. The summed E-state index contributed by atoms with van der Waals surface area (Å²) >= 11 is 0. The molecular formula is C15H22N4. The van der Waals surface area contributed by atoms with Gasteiger partial charge in [0, 0.05) is 24.8 Å². The van der Waals surface area contributed by atoms with Crippen LogP contribution in [0.15, 0.2) is 18.3 Å². The molecule has 1 aromatic heterocycles. The van der Waals surface area contributed by atoms with Gasteiger partial charge in [-0.25, -0.2) is 4.98 Å². The summed E-state index contributed by atoms with van der Waals surface area (Å²) in [7, 11) is 4.32. The minimum atomic E-state index is 0.553. The Bertz CT molecular complexity index is 444. The highest BCUT2D eigenvalue weighted by atomic mass is 15.1. The first-order valence-electron chi connectivity index (χ1n) is 6.90. The van der Waals surface area contributed by atoms with Crippen molar-refractivity contribution in [2.45, 2.75) is 19.4 Å². The number of nitriles is 1. The van der Waals surface area contributed by atoms with E-state index >= 15 is 0 Å². The summed E-state index contributed by atoms with van der Waals surface area (Å²) in [6.45, 7) is 4.32. The molecule has 0 aromatic carbocycles. The molecule has 0 N–H and O–H groups in total. The Morgan fingerprint density at radius 3 is 2.89 bits per heavy atom. The van der Waals surface area contributed by atoms with Crippen LogP contribution in [0.2, 0.25) is 0 Å². The number of aromatic nitrogens is 1. The molecule has 0 aliphatic carbocycles. The zero-order valence-corrected chi connectivity index (χ0v) is 11.8. The molecule has 1 fully saturated rings. The molecule has 1 aliphatic rings. The number of hydrogen-bond donors (Lipinski definition) is 0. The Balaban J connectivity index is 1.87. The smallest absolute Gasteiger partial charge is 0.144 e. The van der Waals surface area contributed by atoms with Crippen LogP contribution in [0.3, 0.4) is 0 Å². The van der Waals surface area contributed by atoms with Crippen molar-refractivity contribution >= 4 is 0 Å². The van der Waals surface area contributed by atoms with Crippen molar-refractivity contribution in [3.8, 4) is 6.07 Å². The van der Waals surface area contributed by atoms with Gasteiger partial charge >= 0.3 is 0 Å². The molecule has 0 amide bonds. The second kappa shape index (κ2) is 6.65.